The molecule has 2 rings (SSSR count). The molecule has 0 fully saturated rings. The van der Waals surface area contributed by atoms with Gasteiger partial charge in [0.05, 0.1) is 0 Å². The molecule has 0 aromatic heterocycles. The zero-order valence-electron chi connectivity index (χ0n) is 12.4. The van der Waals surface area contributed by atoms with Gasteiger partial charge in [0.1, 0.15) is 11.5 Å². The Bertz CT molecular complexity index is 610. The lowest BCUT2D eigenvalue weighted by Crippen LogP contribution is -1.94. The fraction of sp³-hybridized carbons (Fsp3) is 0.278. The van der Waals surface area contributed by atoms with Gasteiger partial charge in [0.2, 0.25) is 0 Å². The van der Waals surface area contributed by atoms with E-state index in [-0.39, 0.29) is 5.78 Å². The minimum atomic E-state index is 0.0644. The van der Waals surface area contributed by atoms with Crippen LogP contribution in [0.5, 0.6) is 11.5 Å². The highest BCUT2D eigenvalue weighted by molar-refractivity contribution is 5.94. The molecule has 0 bridgehead atoms. The van der Waals surface area contributed by atoms with E-state index in [1.807, 2.05) is 19.1 Å². The lowest BCUT2D eigenvalue weighted by Gasteiger charge is -2.12. The van der Waals surface area contributed by atoms with Gasteiger partial charge in [0, 0.05) is 5.56 Å². The standard InChI is InChI=1S/C18H20O2/c1-12(2)16-6-5-13(3)18(11-16)20-17-9-7-15(8-10-17)14(4)19/h5-12H,1-4H3. The second-order valence-electron chi connectivity index (χ2n) is 5.36. The number of hydrogen-bond acceptors (Lipinski definition) is 2. The molecule has 2 aromatic rings. The lowest BCUT2D eigenvalue weighted by atomic mass is 10.0. The van der Waals surface area contributed by atoms with Crippen LogP contribution in [0.15, 0.2) is 42.5 Å². The molecule has 0 saturated heterocycles. The van der Waals surface area contributed by atoms with Crippen molar-refractivity contribution in [1.29, 1.82) is 0 Å². The van der Waals surface area contributed by atoms with Crippen molar-refractivity contribution in [2.45, 2.75) is 33.6 Å². The Kier molecular flexibility index (Phi) is 4.23. The van der Waals surface area contributed by atoms with Crippen molar-refractivity contribution >= 4 is 5.78 Å². The molecule has 2 nitrogen and oxygen atoms in total. The quantitative estimate of drug-likeness (QED) is 0.720. The third-order valence-corrected chi connectivity index (χ3v) is 3.37. The van der Waals surface area contributed by atoms with E-state index in [4.69, 9.17) is 4.74 Å². The van der Waals surface area contributed by atoms with Gasteiger partial charge in [-0.05, 0) is 61.2 Å². The fourth-order valence-corrected chi connectivity index (χ4v) is 1.97. The number of carbonyl (C=O) groups is 1. The van der Waals surface area contributed by atoms with Crippen LogP contribution in [0.1, 0.15) is 48.2 Å². The maximum absolute atomic E-state index is 11.2. The average Bonchev–Trinajstić information content (AvgIpc) is 2.41. The summed E-state index contributed by atoms with van der Waals surface area (Å²) in [6.45, 7) is 7.92. The molecule has 20 heavy (non-hydrogen) atoms. The molecule has 0 aliphatic heterocycles. The van der Waals surface area contributed by atoms with E-state index in [0.717, 1.165) is 17.1 Å². The number of ether oxygens (including phenoxy) is 1. The predicted molar refractivity (Wildman–Crippen MR) is 81.8 cm³/mol. The lowest BCUT2D eigenvalue weighted by molar-refractivity contribution is 0.101. The molecule has 0 aliphatic rings. The largest absolute Gasteiger partial charge is 0.457 e. The van der Waals surface area contributed by atoms with E-state index in [9.17, 15) is 4.79 Å². The minimum Gasteiger partial charge on any atom is -0.457 e. The van der Waals surface area contributed by atoms with Gasteiger partial charge in [-0.25, -0.2) is 0 Å². The van der Waals surface area contributed by atoms with Gasteiger partial charge < -0.3 is 4.74 Å². The molecule has 0 unspecified atom stereocenters. The van der Waals surface area contributed by atoms with E-state index in [1.54, 1.807) is 19.1 Å². The van der Waals surface area contributed by atoms with E-state index in [0.29, 0.717) is 11.5 Å². The van der Waals surface area contributed by atoms with E-state index in [1.165, 1.54) is 5.56 Å². The van der Waals surface area contributed by atoms with Crippen LogP contribution in [0, 0.1) is 6.92 Å². The van der Waals surface area contributed by atoms with E-state index < -0.39 is 0 Å². The van der Waals surface area contributed by atoms with Crippen molar-refractivity contribution in [2.75, 3.05) is 0 Å². The minimum absolute atomic E-state index is 0.0644. The zero-order chi connectivity index (χ0) is 14.7. The summed E-state index contributed by atoms with van der Waals surface area (Å²) < 4.78 is 5.92. The fourth-order valence-electron chi connectivity index (χ4n) is 1.97. The summed E-state index contributed by atoms with van der Waals surface area (Å²) >= 11 is 0. The SMILES string of the molecule is CC(=O)c1ccc(Oc2cc(C(C)C)ccc2C)cc1. The molecule has 0 atom stereocenters. The van der Waals surface area contributed by atoms with Crippen LogP contribution in [0.2, 0.25) is 0 Å². The van der Waals surface area contributed by atoms with E-state index in [2.05, 4.69) is 32.0 Å². The monoisotopic (exact) mass is 268 g/mol. The van der Waals surface area contributed by atoms with Gasteiger partial charge in [0.25, 0.3) is 0 Å². The normalized spacial score (nSPS) is 10.7. The van der Waals surface area contributed by atoms with Crippen LogP contribution in [-0.4, -0.2) is 5.78 Å². The number of carbonyl (C=O) groups excluding carboxylic acids is 1. The third kappa shape index (κ3) is 3.27. The molecule has 0 spiro atoms. The Morgan fingerprint density at radius 1 is 1.05 bits per heavy atom. The van der Waals surface area contributed by atoms with Crippen LogP contribution in [0.3, 0.4) is 0 Å². The Morgan fingerprint density at radius 2 is 1.70 bits per heavy atom. The summed E-state index contributed by atoms with van der Waals surface area (Å²) in [5.41, 5.74) is 3.06. The van der Waals surface area contributed by atoms with Crippen LogP contribution >= 0.6 is 0 Å². The molecular formula is C18H20O2. The molecule has 2 heteroatoms. The summed E-state index contributed by atoms with van der Waals surface area (Å²) in [6, 6.07) is 13.5. The average molecular weight is 268 g/mol. The molecule has 0 aliphatic carbocycles. The number of benzene rings is 2. The van der Waals surface area contributed by atoms with Crippen LogP contribution in [-0.2, 0) is 0 Å². The smallest absolute Gasteiger partial charge is 0.159 e. The molecule has 0 saturated carbocycles. The Labute approximate surface area is 120 Å². The Morgan fingerprint density at radius 3 is 2.25 bits per heavy atom. The molecule has 0 N–H and O–H groups in total. The third-order valence-electron chi connectivity index (χ3n) is 3.37. The first-order chi connectivity index (χ1) is 9.47. The second-order valence-corrected chi connectivity index (χ2v) is 5.36. The van der Waals surface area contributed by atoms with E-state index >= 15 is 0 Å². The van der Waals surface area contributed by atoms with Gasteiger partial charge >= 0.3 is 0 Å². The number of Topliss-reactive ketones (excluding diaryl/α,β-unsaturated/α-hetero) is 1. The zero-order valence-corrected chi connectivity index (χ0v) is 12.4. The summed E-state index contributed by atoms with van der Waals surface area (Å²) in [4.78, 5) is 11.2. The summed E-state index contributed by atoms with van der Waals surface area (Å²) in [7, 11) is 0. The van der Waals surface area contributed by atoms with Crippen molar-refractivity contribution in [1.82, 2.24) is 0 Å². The maximum Gasteiger partial charge on any atom is 0.159 e. The van der Waals surface area contributed by atoms with Crippen molar-refractivity contribution in [3.05, 3.63) is 59.2 Å². The second kappa shape index (κ2) is 5.91. The predicted octanol–water partition coefficient (Wildman–Crippen LogP) is 5.11. The summed E-state index contributed by atoms with van der Waals surface area (Å²) in [6.07, 6.45) is 0. The van der Waals surface area contributed by atoms with Gasteiger partial charge in [-0.2, -0.15) is 0 Å². The molecule has 0 heterocycles. The molecule has 104 valence electrons. The van der Waals surface area contributed by atoms with Crippen LogP contribution < -0.4 is 4.74 Å². The number of ketones is 1. The molecule has 2 aromatic carbocycles. The summed E-state index contributed by atoms with van der Waals surface area (Å²) in [5.74, 6) is 2.15. The van der Waals surface area contributed by atoms with Crippen molar-refractivity contribution in [2.24, 2.45) is 0 Å². The maximum atomic E-state index is 11.2. The number of aryl methyl sites for hydroxylation is 1. The summed E-state index contributed by atoms with van der Waals surface area (Å²) in [5, 5.41) is 0. The van der Waals surface area contributed by atoms with Gasteiger partial charge in [-0.15, -0.1) is 0 Å². The van der Waals surface area contributed by atoms with Crippen molar-refractivity contribution in [3.63, 3.8) is 0 Å². The Hall–Kier alpha value is -2.09. The molecular weight excluding hydrogens is 248 g/mol. The number of hydrogen-bond donors (Lipinski definition) is 0. The topological polar surface area (TPSA) is 26.3 Å². The van der Waals surface area contributed by atoms with Crippen LogP contribution in [0.25, 0.3) is 0 Å². The molecule has 0 radical (unpaired) electrons. The highest BCUT2D eigenvalue weighted by Crippen LogP contribution is 2.28. The van der Waals surface area contributed by atoms with Crippen LogP contribution in [0.4, 0.5) is 0 Å². The first-order valence-electron chi connectivity index (χ1n) is 6.87. The van der Waals surface area contributed by atoms with Gasteiger partial charge in [-0.1, -0.05) is 26.0 Å². The van der Waals surface area contributed by atoms with Gasteiger partial charge in [-0.3, -0.25) is 4.79 Å². The van der Waals surface area contributed by atoms with Gasteiger partial charge in [0.15, 0.2) is 5.78 Å². The van der Waals surface area contributed by atoms with Crippen molar-refractivity contribution in [3.8, 4) is 11.5 Å². The molecule has 0 amide bonds. The first-order valence-corrected chi connectivity index (χ1v) is 6.87. The first kappa shape index (κ1) is 14.3. The highest BCUT2D eigenvalue weighted by Gasteiger charge is 2.06. The number of rotatable bonds is 4. The van der Waals surface area contributed by atoms with Crippen molar-refractivity contribution < 1.29 is 9.53 Å². The Balaban J connectivity index is 2.25. The highest BCUT2D eigenvalue weighted by atomic mass is 16.5.